The Morgan fingerprint density at radius 1 is 0.932 bits per heavy atom. The van der Waals surface area contributed by atoms with Crippen LogP contribution in [0.1, 0.15) is 82.9 Å². The van der Waals surface area contributed by atoms with Crippen LogP contribution in [0, 0.1) is 28.2 Å². The van der Waals surface area contributed by atoms with Crippen LogP contribution in [0.4, 0.5) is 5.69 Å². The number of amides is 1. The van der Waals surface area contributed by atoms with Crippen molar-refractivity contribution in [2.24, 2.45) is 10.8 Å². The van der Waals surface area contributed by atoms with Crippen molar-refractivity contribution in [1.82, 2.24) is 4.90 Å². The largest absolute Gasteiger partial charge is 0.493 e. The lowest BCUT2D eigenvalue weighted by Gasteiger charge is -2.49. The lowest BCUT2D eigenvalue weighted by molar-refractivity contribution is -0.120. The molecule has 44 heavy (non-hydrogen) atoms. The van der Waals surface area contributed by atoms with E-state index in [1.807, 2.05) is 44.2 Å². The fourth-order valence-corrected chi connectivity index (χ4v) is 7.74. The zero-order valence-corrected chi connectivity index (χ0v) is 29.2. The number of aryl methyl sites for hydroxylation is 2. The van der Waals surface area contributed by atoms with E-state index in [4.69, 9.17) is 9.47 Å². The average Bonchev–Trinajstić information content (AvgIpc) is 2.91. The van der Waals surface area contributed by atoms with E-state index in [0.717, 1.165) is 55.6 Å². The number of ketones is 2. The first-order valence-corrected chi connectivity index (χ1v) is 16.4. The van der Waals surface area contributed by atoms with Gasteiger partial charge in [0.2, 0.25) is 0 Å². The minimum atomic E-state index is -0.473. The number of nitrogens with zero attached hydrogens (tertiary/aromatic N) is 1. The van der Waals surface area contributed by atoms with Crippen molar-refractivity contribution in [3.05, 3.63) is 73.1 Å². The first-order valence-electron chi connectivity index (χ1n) is 15.3. The Hall–Kier alpha value is -3.14. The lowest BCUT2D eigenvalue weighted by Crippen LogP contribution is -2.44. The summed E-state index contributed by atoms with van der Waals surface area (Å²) in [7, 11) is 1.56. The Kier molecular flexibility index (Phi) is 8.79. The van der Waals surface area contributed by atoms with E-state index in [2.05, 4.69) is 67.4 Å². The number of hydrogen-bond donors (Lipinski definition) is 1. The van der Waals surface area contributed by atoms with Gasteiger partial charge in [-0.3, -0.25) is 14.4 Å². The van der Waals surface area contributed by atoms with Gasteiger partial charge < -0.3 is 19.7 Å². The number of anilines is 1. The number of halogens is 1. The molecule has 1 amide bonds. The average molecular weight is 711 g/mol. The van der Waals surface area contributed by atoms with Crippen molar-refractivity contribution in [2.45, 2.75) is 80.1 Å². The highest BCUT2D eigenvalue weighted by molar-refractivity contribution is 14.1. The van der Waals surface area contributed by atoms with Gasteiger partial charge in [-0.15, -0.1) is 0 Å². The molecule has 1 heterocycles. The van der Waals surface area contributed by atoms with Gasteiger partial charge in [0.15, 0.2) is 29.7 Å². The number of Topliss-reactive ketones (excluding diaryl/α,β-unsaturated/α-hetero) is 2. The first kappa shape index (κ1) is 32.3. The van der Waals surface area contributed by atoms with Crippen LogP contribution in [0.3, 0.4) is 0 Å². The molecule has 0 aromatic heterocycles. The van der Waals surface area contributed by atoms with Gasteiger partial charge in [0.1, 0.15) is 0 Å². The minimum absolute atomic E-state index is 0.0983. The van der Waals surface area contributed by atoms with Gasteiger partial charge in [0.25, 0.3) is 5.91 Å². The van der Waals surface area contributed by atoms with Crippen LogP contribution in [-0.4, -0.2) is 42.6 Å². The van der Waals surface area contributed by atoms with Crippen molar-refractivity contribution >= 4 is 45.8 Å². The van der Waals surface area contributed by atoms with Crippen molar-refractivity contribution < 1.29 is 23.9 Å². The molecule has 1 N–H and O–H groups in total. The molecule has 0 spiro atoms. The fraction of sp³-hybridized carbons (Fsp3) is 0.472. The number of allylic oxidation sites excluding steroid dienone is 4. The highest BCUT2D eigenvalue weighted by atomic mass is 127. The number of hydrogen-bond acceptors (Lipinski definition) is 6. The summed E-state index contributed by atoms with van der Waals surface area (Å²) in [6.07, 6.45) is 2.42. The lowest BCUT2D eigenvalue weighted by atomic mass is 9.63. The molecule has 0 saturated heterocycles. The van der Waals surface area contributed by atoms with Crippen LogP contribution >= 0.6 is 22.6 Å². The highest BCUT2D eigenvalue weighted by Gasteiger charge is 2.48. The maximum Gasteiger partial charge on any atom is 0.262 e. The second kappa shape index (κ2) is 12.0. The maximum absolute atomic E-state index is 14.0. The summed E-state index contributed by atoms with van der Waals surface area (Å²) in [6, 6.07) is 9.63. The van der Waals surface area contributed by atoms with E-state index in [-0.39, 0.29) is 34.9 Å². The van der Waals surface area contributed by atoms with Gasteiger partial charge in [-0.05, 0) is 108 Å². The van der Waals surface area contributed by atoms with Crippen molar-refractivity contribution in [2.75, 3.05) is 25.6 Å². The molecule has 234 valence electrons. The molecule has 2 aromatic rings. The molecule has 0 atom stereocenters. The molecule has 0 radical (unpaired) electrons. The Bertz CT molecular complexity index is 1560. The number of benzene rings is 2. The van der Waals surface area contributed by atoms with Gasteiger partial charge in [0, 0.05) is 53.5 Å². The van der Waals surface area contributed by atoms with Gasteiger partial charge in [-0.2, -0.15) is 0 Å². The van der Waals surface area contributed by atoms with Crippen LogP contribution in [0.25, 0.3) is 0 Å². The van der Waals surface area contributed by atoms with Crippen LogP contribution in [-0.2, 0) is 14.4 Å². The van der Waals surface area contributed by atoms with E-state index in [9.17, 15) is 14.4 Å². The summed E-state index contributed by atoms with van der Waals surface area (Å²) in [5.41, 5.74) is 7.01. The smallest absolute Gasteiger partial charge is 0.262 e. The maximum atomic E-state index is 14.0. The molecule has 3 aliphatic rings. The second-order valence-corrected chi connectivity index (χ2v) is 15.1. The molecule has 2 aromatic carbocycles. The molecule has 2 aliphatic carbocycles. The van der Waals surface area contributed by atoms with Gasteiger partial charge in [-0.25, -0.2) is 0 Å². The number of methoxy groups -OCH3 is 1. The summed E-state index contributed by atoms with van der Waals surface area (Å²) in [4.78, 5) is 42.9. The molecular formula is C36H43IN2O5. The van der Waals surface area contributed by atoms with Gasteiger partial charge in [0.05, 0.1) is 10.7 Å². The molecule has 0 unspecified atom stereocenters. The van der Waals surface area contributed by atoms with Crippen LogP contribution in [0.2, 0.25) is 0 Å². The molecular weight excluding hydrogens is 667 g/mol. The summed E-state index contributed by atoms with van der Waals surface area (Å²) >= 11 is 2.19. The minimum Gasteiger partial charge on any atom is -0.493 e. The Morgan fingerprint density at radius 2 is 1.52 bits per heavy atom. The Labute approximate surface area is 274 Å². The predicted molar refractivity (Wildman–Crippen MR) is 181 cm³/mol. The standard InChI is InChI=1S/C36H43IN2O5/c1-9-39-25-15-35(4,5)17-27(40)32(25)31(33-26(39)16-36(6,7)18-28(33)41)22-13-24(37)34(29(14-22)43-8)44-19-30(42)38-23-11-10-20(2)21(3)12-23/h10-14,31H,9,15-19H2,1-8H3,(H,38,42). The van der Waals surface area contributed by atoms with E-state index in [1.54, 1.807) is 7.11 Å². The molecule has 0 fully saturated rings. The monoisotopic (exact) mass is 710 g/mol. The SMILES string of the molecule is CCN1C2=C(C(=O)CC(C)(C)C2)C(c2cc(I)c(OCC(=O)Nc3ccc(C)c(C)c3)c(OC)c2)C2=C1CC(C)(C)CC2=O. The molecule has 5 rings (SSSR count). The quantitative estimate of drug-likeness (QED) is 0.298. The second-order valence-electron chi connectivity index (χ2n) is 13.9. The summed E-state index contributed by atoms with van der Waals surface area (Å²) in [5.74, 6) is 0.355. The number of rotatable bonds is 7. The first-order chi connectivity index (χ1) is 20.6. The zero-order valence-electron chi connectivity index (χ0n) is 27.1. The van der Waals surface area contributed by atoms with Crippen LogP contribution < -0.4 is 14.8 Å². The third-order valence-electron chi connectivity index (χ3n) is 9.06. The van der Waals surface area contributed by atoms with Gasteiger partial charge >= 0.3 is 0 Å². The van der Waals surface area contributed by atoms with Crippen LogP contribution in [0.5, 0.6) is 11.5 Å². The number of carbonyl (C=O) groups excluding carboxylic acids is 3. The molecule has 1 aliphatic heterocycles. The van der Waals surface area contributed by atoms with Gasteiger partial charge in [-0.1, -0.05) is 33.8 Å². The van der Waals surface area contributed by atoms with E-state index >= 15 is 0 Å². The number of carbonyl (C=O) groups is 3. The highest BCUT2D eigenvalue weighted by Crippen LogP contribution is 2.55. The summed E-state index contributed by atoms with van der Waals surface area (Å²) < 4.78 is 12.6. The third-order valence-corrected chi connectivity index (χ3v) is 9.86. The van der Waals surface area contributed by atoms with Crippen molar-refractivity contribution in [1.29, 1.82) is 0 Å². The van der Waals surface area contributed by atoms with Crippen molar-refractivity contribution in [3.8, 4) is 11.5 Å². The fourth-order valence-electron chi connectivity index (χ4n) is 6.96. The van der Waals surface area contributed by atoms with Crippen LogP contribution in [0.15, 0.2) is 52.9 Å². The molecule has 8 heteroatoms. The molecule has 7 nitrogen and oxygen atoms in total. The Morgan fingerprint density at radius 3 is 2.05 bits per heavy atom. The number of nitrogens with one attached hydrogen (secondary N) is 1. The summed E-state index contributed by atoms with van der Waals surface area (Å²) in [5, 5.41) is 2.90. The number of ether oxygens (including phenoxy) is 2. The summed E-state index contributed by atoms with van der Waals surface area (Å²) in [6.45, 7) is 15.2. The normalized spacial score (nSPS) is 19.5. The predicted octanol–water partition coefficient (Wildman–Crippen LogP) is 7.64. The molecule has 0 saturated carbocycles. The Balaban J connectivity index is 1.53. The zero-order chi connectivity index (χ0) is 32.1. The third kappa shape index (κ3) is 6.19. The van der Waals surface area contributed by atoms with E-state index in [1.165, 1.54) is 0 Å². The van der Waals surface area contributed by atoms with E-state index in [0.29, 0.717) is 36.6 Å². The topological polar surface area (TPSA) is 84.9 Å². The van der Waals surface area contributed by atoms with E-state index < -0.39 is 5.92 Å². The van der Waals surface area contributed by atoms with Crippen molar-refractivity contribution in [3.63, 3.8) is 0 Å². The molecule has 0 bridgehead atoms.